The lowest BCUT2D eigenvalue weighted by atomic mass is 9.95. The van der Waals surface area contributed by atoms with Crippen molar-refractivity contribution >= 4 is 12.3 Å². The minimum atomic E-state index is -0.735. The Balaban J connectivity index is 3.22. The van der Waals surface area contributed by atoms with Crippen LogP contribution in [0.15, 0.2) is 0 Å². The van der Waals surface area contributed by atoms with Gasteiger partial charge in [-0.05, 0) is 19.3 Å². The molecular weight excluding hydrogens is 360 g/mol. The summed E-state index contributed by atoms with van der Waals surface area (Å²) in [6.07, 6.45) is 28.1. The third-order valence-electron chi connectivity index (χ3n) is 6.09. The van der Waals surface area contributed by atoms with Crippen molar-refractivity contribution in [1.82, 2.24) is 0 Å². The van der Waals surface area contributed by atoms with Gasteiger partial charge in [-0.2, -0.15) is 0 Å². The van der Waals surface area contributed by atoms with E-state index in [1.54, 1.807) is 0 Å². The molecule has 0 fully saturated rings. The Morgan fingerprint density at radius 3 is 1.31 bits per heavy atom. The van der Waals surface area contributed by atoms with E-state index in [-0.39, 0.29) is 12.3 Å². The number of rotatable bonds is 24. The van der Waals surface area contributed by atoms with Gasteiger partial charge in [0, 0.05) is 12.3 Å². The number of carbonyl (C=O) groups excluding carboxylic acids is 1. The van der Waals surface area contributed by atoms with E-state index in [0.717, 1.165) is 32.0 Å². The molecule has 3 nitrogen and oxygen atoms in total. The molecule has 3 heteroatoms. The van der Waals surface area contributed by atoms with Gasteiger partial charge in [0.25, 0.3) is 0 Å². The molecule has 0 aromatic rings. The van der Waals surface area contributed by atoms with Crippen molar-refractivity contribution in [3.63, 3.8) is 0 Å². The molecule has 0 aliphatic rings. The summed E-state index contributed by atoms with van der Waals surface area (Å²) < 4.78 is 0. The van der Waals surface area contributed by atoms with E-state index in [4.69, 9.17) is 5.11 Å². The van der Waals surface area contributed by atoms with Crippen LogP contribution in [0.1, 0.15) is 148 Å². The van der Waals surface area contributed by atoms with Crippen LogP contribution >= 0.6 is 0 Å². The number of aldehydes is 1. The van der Waals surface area contributed by atoms with Gasteiger partial charge in [-0.1, -0.05) is 122 Å². The molecule has 1 unspecified atom stereocenters. The van der Waals surface area contributed by atoms with E-state index >= 15 is 0 Å². The first-order chi connectivity index (χ1) is 14.2. The fourth-order valence-corrected chi connectivity index (χ4v) is 4.09. The molecule has 0 spiro atoms. The standard InChI is InChI=1S/C26H50O3/c1-2-3-4-5-6-7-8-9-10-11-12-13-14-15-16-17-18-21-25(24-27)22-19-20-23-26(28)29/h24-25H,2-23H2,1H3,(H,28,29). The molecule has 0 rings (SSSR count). The number of unbranched alkanes of at least 4 members (excludes halogenated alkanes) is 17. The molecule has 0 bridgehead atoms. The SMILES string of the molecule is CCCCCCCCCCCCCCCCCCCC(C=O)CCCCC(=O)O. The van der Waals surface area contributed by atoms with E-state index < -0.39 is 5.97 Å². The van der Waals surface area contributed by atoms with Gasteiger partial charge in [0.2, 0.25) is 0 Å². The smallest absolute Gasteiger partial charge is 0.303 e. The number of hydrogen-bond acceptors (Lipinski definition) is 2. The third kappa shape index (κ3) is 23.3. The molecule has 0 aliphatic heterocycles. The molecule has 0 saturated heterocycles. The normalized spacial score (nSPS) is 12.2. The van der Waals surface area contributed by atoms with Gasteiger partial charge < -0.3 is 9.90 Å². The minimum Gasteiger partial charge on any atom is -0.481 e. The highest BCUT2D eigenvalue weighted by atomic mass is 16.4. The zero-order valence-corrected chi connectivity index (χ0v) is 19.5. The molecule has 0 aromatic carbocycles. The quantitative estimate of drug-likeness (QED) is 0.128. The third-order valence-corrected chi connectivity index (χ3v) is 6.09. The van der Waals surface area contributed by atoms with E-state index in [2.05, 4.69) is 6.92 Å². The van der Waals surface area contributed by atoms with Gasteiger partial charge in [0.1, 0.15) is 6.29 Å². The summed E-state index contributed by atoms with van der Waals surface area (Å²) >= 11 is 0. The van der Waals surface area contributed by atoms with Crippen molar-refractivity contribution in [3.8, 4) is 0 Å². The maximum Gasteiger partial charge on any atom is 0.303 e. The highest BCUT2D eigenvalue weighted by molar-refractivity contribution is 5.66. The number of carbonyl (C=O) groups is 2. The van der Waals surface area contributed by atoms with Crippen LogP contribution < -0.4 is 0 Å². The first-order valence-electron chi connectivity index (χ1n) is 12.9. The van der Waals surface area contributed by atoms with Crippen LogP contribution in [0, 0.1) is 5.92 Å². The molecule has 172 valence electrons. The summed E-state index contributed by atoms with van der Waals surface area (Å²) in [5.41, 5.74) is 0. The molecule has 0 radical (unpaired) electrons. The van der Waals surface area contributed by atoms with Gasteiger partial charge in [0.15, 0.2) is 0 Å². The van der Waals surface area contributed by atoms with Gasteiger partial charge in [-0.25, -0.2) is 0 Å². The Bertz CT molecular complexity index is 354. The van der Waals surface area contributed by atoms with Crippen molar-refractivity contribution in [2.45, 2.75) is 148 Å². The van der Waals surface area contributed by atoms with Gasteiger partial charge in [-0.3, -0.25) is 4.79 Å². The summed E-state index contributed by atoms with van der Waals surface area (Å²) in [6.45, 7) is 2.28. The second kappa shape index (κ2) is 23.4. The fourth-order valence-electron chi connectivity index (χ4n) is 4.09. The van der Waals surface area contributed by atoms with E-state index in [1.807, 2.05) is 0 Å². The highest BCUT2D eigenvalue weighted by Gasteiger charge is 2.07. The fraction of sp³-hybridized carbons (Fsp3) is 0.923. The molecule has 0 aromatic heterocycles. The number of carboxylic acid groups (broad SMARTS) is 1. The molecule has 1 atom stereocenters. The first kappa shape index (κ1) is 28.1. The largest absolute Gasteiger partial charge is 0.481 e. The van der Waals surface area contributed by atoms with Crippen LogP contribution in [-0.4, -0.2) is 17.4 Å². The van der Waals surface area contributed by atoms with Gasteiger partial charge in [-0.15, -0.1) is 0 Å². The number of carboxylic acids is 1. The monoisotopic (exact) mass is 410 g/mol. The van der Waals surface area contributed by atoms with Crippen molar-refractivity contribution in [3.05, 3.63) is 0 Å². The lowest BCUT2D eigenvalue weighted by molar-refractivity contribution is -0.137. The lowest BCUT2D eigenvalue weighted by Crippen LogP contribution is -2.03. The van der Waals surface area contributed by atoms with Crippen LogP contribution in [-0.2, 0) is 9.59 Å². The second-order valence-electron chi connectivity index (χ2n) is 8.98. The Morgan fingerprint density at radius 2 is 0.966 bits per heavy atom. The van der Waals surface area contributed by atoms with E-state index in [0.29, 0.717) is 6.42 Å². The van der Waals surface area contributed by atoms with Crippen molar-refractivity contribution < 1.29 is 14.7 Å². The van der Waals surface area contributed by atoms with Crippen molar-refractivity contribution in [2.75, 3.05) is 0 Å². The van der Waals surface area contributed by atoms with Crippen molar-refractivity contribution in [2.24, 2.45) is 5.92 Å². The molecule has 0 heterocycles. The zero-order valence-electron chi connectivity index (χ0n) is 19.5. The minimum absolute atomic E-state index is 0.139. The summed E-state index contributed by atoms with van der Waals surface area (Å²) in [7, 11) is 0. The van der Waals surface area contributed by atoms with Gasteiger partial charge in [0.05, 0.1) is 0 Å². The van der Waals surface area contributed by atoms with Crippen LogP contribution in [0.3, 0.4) is 0 Å². The van der Waals surface area contributed by atoms with Crippen LogP contribution in [0.25, 0.3) is 0 Å². The average molecular weight is 411 g/mol. The van der Waals surface area contributed by atoms with E-state index in [9.17, 15) is 9.59 Å². The van der Waals surface area contributed by atoms with Crippen molar-refractivity contribution in [1.29, 1.82) is 0 Å². The molecule has 0 saturated carbocycles. The van der Waals surface area contributed by atoms with E-state index in [1.165, 1.54) is 103 Å². The number of aliphatic carboxylic acids is 1. The summed E-state index contributed by atoms with van der Waals surface area (Å²) in [6, 6.07) is 0. The summed E-state index contributed by atoms with van der Waals surface area (Å²) in [4.78, 5) is 21.6. The molecule has 29 heavy (non-hydrogen) atoms. The lowest BCUT2D eigenvalue weighted by Gasteiger charge is -2.09. The zero-order chi connectivity index (χ0) is 21.4. The maximum absolute atomic E-state index is 11.1. The van der Waals surface area contributed by atoms with Crippen LogP contribution in [0.5, 0.6) is 0 Å². The van der Waals surface area contributed by atoms with Gasteiger partial charge >= 0.3 is 5.97 Å². The average Bonchev–Trinajstić information content (AvgIpc) is 2.71. The predicted molar refractivity (Wildman–Crippen MR) is 124 cm³/mol. The first-order valence-corrected chi connectivity index (χ1v) is 12.9. The Morgan fingerprint density at radius 1 is 0.621 bits per heavy atom. The highest BCUT2D eigenvalue weighted by Crippen LogP contribution is 2.17. The Kier molecular flexibility index (Phi) is 22.7. The number of hydrogen-bond donors (Lipinski definition) is 1. The molecule has 0 amide bonds. The maximum atomic E-state index is 11.1. The topological polar surface area (TPSA) is 54.4 Å². The van der Waals surface area contributed by atoms with Crippen LogP contribution in [0.2, 0.25) is 0 Å². The Hall–Kier alpha value is -0.860. The Labute approximate surface area is 181 Å². The molecule has 0 aliphatic carbocycles. The summed E-state index contributed by atoms with van der Waals surface area (Å²) in [5, 5.41) is 8.63. The molecule has 1 N–H and O–H groups in total. The summed E-state index contributed by atoms with van der Waals surface area (Å²) in [5.74, 6) is -0.596. The predicted octanol–water partition coefficient (Wildman–Crippen LogP) is 8.49. The second-order valence-corrected chi connectivity index (χ2v) is 8.98. The molecular formula is C26H50O3. The van der Waals surface area contributed by atoms with Crippen LogP contribution in [0.4, 0.5) is 0 Å².